The molecule has 1 fully saturated rings. The molecular weight excluding hydrogens is 427 g/mol. The van der Waals surface area contributed by atoms with Crippen LogP contribution in [0.25, 0.3) is 33.2 Å². The van der Waals surface area contributed by atoms with Crippen LogP contribution in [-0.4, -0.2) is 55.1 Å². The van der Waals surface area contributed by atoms with E-state index in [1.54, 1.807) is 29.2 Å². The molecule has 4 aromatic rings. The summed E-state index contributed by atoms with van der Waals surface area (Å²) in [6, 6.07) is 11.5. The maximum Gasteiger partial charge on any atom is 0.254 e. The molecule has 1 aliphatic heterocycles. The largest absolute Gasteiger partial charge is 0.494 e. The van der Waals surface area contributed by atoms with Gasteiger partial charge in [-0.15, -0.1) is 0 Å². The number of aromatic amines is 2. The Morgan fingerprint density at radius 1 is 1.15 bits per heavy atom. The zero-order valence-corrected chi connectivity index (χ0v) is 17.9. The first kappa shape index (κ1) is 20.9. The number of hydrogen-bond acceptors (Lipinski definition) is 4. The van der Waals surface area contributed by atoms with Gasteiger partial charge >= 0.3 is 0 Å². The number of pyridine rings is 1. The van der Waals surface area contributed by atoms with Crippen molar-refractivity contribution in [3.63, 3.8) is 0 Å². The molecule has 0 unspecified atom stereocenters. The second kappa shape index (κ2) is 8.18. The summed E-state index contributed by atoms with van der Waals surface area (Å²) in [7, 11) is 1.39. The third-order valence-corrected chi connectivity index (χ3v) is 5.89. The monoisotopic (exact) mass is 449 g/mol. The van der Waals surface area contributed by atoms with Gasteiger partial charge in [-0.05, 0) is 36.4 Å². The Labute approximate surface area is 188 Å². The average Bonchev–Trinajstić information content (AvgIpc) is 3.21. The van der Waals surface area contributed by atoms with E-state index in [-0.39, 0.29) is 17.2 Å². The van der Waals surface area contributed by atoms with Gasteiger partial charge in [0.1, 0.15) is 5.52 Å². The van der Waals surface area contributed by atoms with Crippen LogP contribution >= 0.6 is 0 Å². The number of carbonyl (C=O) groups excluding carboxylic acids is 2. The summed E-state index contributed by atoms with van der Waals surface area (Å²) < 4.78 is 24.6. The van der Waals surface area contributed by atoms with E-state index in [0.717, 1.165) is 5.39 Å². The summed E-state index contributed by atoms with van der Waals surface area (Å²) >= 11 is 0. The highest BCUT2D eigenvalue weighted by molar-refractivity contribution is 6.13. The number of nitrogens with zero attached hydrogens (tertiary/aromatic N) is 1. The molecule has 0 bridgehead atoms. The van der Waals surface area contributed by atoms with Crippen molar-refractivity contribution in [2.45, 2.75) is 0 Å². The van der Waals surface area contributed by atoms with Gasteiger partial charge in [-0.3, -0.25) is 9.59 Å². The molecular formula is C24H22FN4O4+. The fraction of sp³-hybridized carbons (Fsp3) is 0.208. The quantitative estimate of drug-likeness (QED) is 0.499. The number of methoxy groups -OCH3 is 1. The van der Waals surface area contributed by atoms with Crippen molar-refractivity contribution in [1.29, 1.82) is 0 Å². The predicted molar refractivity (Wildman–Crippen MR) is 120 cm³/mol. The number of amides is 2. The van der Waals surface area contributed by atoms with Gasteiger partial charge in [0.25, 0.3) is 11.8 Å². The Morgan fingerprint density at radius 2 is 1.94 bits per heavy atom. The zero-order chi connectivity index (χ0) is 23.1. The van der Waals surface area contributed by atoms with E-state index in [2.05, 4.69) is 9.97 Å². The van der Waals surface area contributed by atoms with Crippen LogP contribution in [0.3, 0.4) is 0 Å². The highest BCUT2D eigenvalue weighted by atomic mass is 19.1. The Morgan fingerprint density at radius 3 is 2.64 bits per heavy atom. The van der Waals surface area contributed by atoms with Crippen LogP contribution in [0.2, 0.25) is 0 Å². The van der Waals surface area contributed by atoms with Gasteiger partial charge in [0.2, 0.25) is 11.2 Å². The molecule has 0 aliphatic carbocycles. The predicted octanol–water partition coefficient (Wildman–Crippen LogP) is 2.52. The van der Waals surface area contributed by atoms with E-state index in [9.17, 15) is 14.0 Å². The fourth-order valence-electron chi connectivity index (χ4n) is 4.18. The van der Waals surface area contributed by atoms with Gasteiger partial charge < -0.3 is 25.1 Å². The lowest BCUT2D eigenvalue weighted by molar-refractivity contribution is -0.329. The number of ether oxygens (including phenoxy) is 2. The van der Waals surface area contributed by atoms with E-state index in [1.165, 1.54) is 19.2 Å². The van der Waals surface area contributed by atoms with Crippen molar-refractivity contribution < 1.29 is 28.4 Å². The first-order valence-corrected chi connectivity index (χ1v) is 10.5. The third kappa shape index (κ3) is 3.66. The topological polar surface area (TPSA) is 112 Å². The molecule has 3 heterocycles. The van der Waals surface area contributed by atoms with E-state index in [4.69, 9.17) is 15.2 Å². The molecule has 5 rings (SSSR count). The molecule has 168 valence electrons. The Kier molecular flexibility index (Phi) is 5.18. The van der Waals surface area contributed by atoms with Crippen molar-refractivity contribution in [2.75, 3.05) is 33.4 Å². The number of primary amides is 1. The normalized spacial score (nSPS) is 14.1. The molecule has 0 saturated carbocycles. The molecule has 0 atom stereocenters. The van der Waals surface area contributed by atoms with Crippen LogP contribution in [0.5, 0.6) is 5.75 Å². The van der Waals surface area contributed by atoms with Gasteiger partial charge in [-0.25, -0.2) is 9.37 Å². The number of halogens is 1. The van der Waals surface area contributed by atoms with Gasteiger partial charge in [0, 0.05) is 30.3 Å². The number of nitrogens with one attached hydrogen (secondary N) is 2. The highest BCUT2D eigenvalue weighted by Gasteiger charge is 2.24. The molecule has 0 spiro atoms. The van der Waals surface area contributed by atoms with Crippen molar-refractivity contribution in [3.05, 3.63) is 59.4 Å². The smallest absolute Gasteiger partial charge is 0.254 e. The van der Waals surface area contributed by atoms with Gasteiger partial charge in [-0.1, -0.05) is 0 Å². The first-order valence-electron chi connectivity index (χ1n) is 10.5. The van der Waals surface area contributed by atoms with Crippen LogP contribution in [0.15, 0.2) is 42.5 Å². The molecule has 4 N–H and O–H groups in total. The Balaban J connectivity index is 1.64. The maximum atomic E-state index is 14.3. The highest BCUT2D eigenvalue weighted by Crippen LogP contribution is 2.30. The van der Waals surface area contributed by atoms with Gasteiger partial charge in [0.05, 0.1) is 36.8 Å². The molecule has 2 amide bonds. The third-order valence-electron chi connectivity index (χ3n) is 5.89. The maximum absolute atomic E-state index is 14.3. The molecule has 9 heteroatoms. The SMILES string of the molecule is COc1ccc(-c2cc(C(N)=O)c3[nH]c4cc(C(=O)N5CCOCC5)ccc4c3[nH+]2)cc1F. The van der Waals surface area contributed by atoms with Crippen LogP contribution in [0.1, 0.15) is 20.7 Å². The number of rotatable bonds is 4. The van der Waals surface area contributed by atoms with Gasteiger partial charge in [0.15, 0.2) is 11.6 Å². The van der Waals surface area contributed by atoms with Crippen LogP contribution < -0.4 is 15.5 Å². The minimum atomic E-state index is -0.625. The van der Waals surface area contributed by atoms with Crippen molar-refractivity contribution in [1.82, 2.24) is 9.88 Å². The van der Waals surface area contributed by atoms with Crippen LogP contribution in [0.4, 0.5) is 4.39 Å². The lowest BCUT2D eigenvalue weighted by Gasteiger charge is -2.26. The first-order chi connectivity index (χ1) is 16.0. The summed E-state index contributed by atoms with van der Waals surface area (Å²) in [5.74, 6) is -1.10. The molecule has 0 radical (unpaired) electrons. The standard InChI is InChI=1S/C24H21FN4O4/c1-32-20-5-3-13(10-17(20)25)18-12-16(23(26)30)22-21(27-18)15-4-2-14(11-19(15)28-22)24(31)29-6-8-33-9-7-29/h2-5,10-12,28H,6-9H2,1H3,(H2,26,30)/p+1. The number of benzene rings is 2. The minimum Gasteiger partial charge on any atom is -0.494 e. The number of carbonyl (C=O) groups is 2. The summed E-state index contributed by atoms with van der Waals surface area (Å²) in [6.45, 7) is 2.13. The van der Waals surface area contributed by atoms with Crippen molar-refractivity contribution in [3.8, 4) is 17.0 Å². The zero-order valence-electron chi connectivity index (χ0n) is 17.9. The lowest BCUT2D eigenvalue weighted by atomic mass is 10.1. The molecule has 1 saturated heterocycles. The molecule has 2 aromatic heterocycles. The molecule has 8 nitrogen and oxygen atoms in total. The van der Waals surface area contributed by atoms with E-state index >= 15 is 0 Å². The molecule has 2 aromatic carbocycles. The number of H-pyrrole nitrogens is 2. The molecule has 1 aliphatic rings. The Bertz CT molecular complexity index is 1410. The number of aromatic nitrogens is 2. The summed E-state index contributed by atoms with van der Waals surface area (Å²) in [5.41, 5.74) is 9.35. The number of hydrogen-bond donors (Lipinski definition) is 2. The van der Waals surface area contributed by atoms with Crippen LogP contribution in [0, 0.1) is 5.82 Å². The minimum absolute atomic E-state index is 0.0765. The van der Waals surface area contributed by atoms with E-state index in [0.29, 0.717) is 59.7 Å². The Hall–Kier alpha value is -3.98. The lowest BCUT2D eigenvalue weighted by Crippen LogP contribution is -2.40. The van der Waals surface area contributed by atoms with Crippen LogP contribution in [-0.2, 0) is 4.74 Å². The number of morpholine rings is 1. The second-order valence-corrected chi connectivity index (χ2v) is 7.85. The number of nitrogens with two attached hydrogens (primary N) is 1. The summed E-state index contributed by atoms with van der Waals surface area (Å²) in [4.78, 5) is 33.4. The van der Waals surface area contributed by atoms with Crippen molar-refractivity contribution in [2.24, 2.45) is 5.73 Å². The van der Waals surface area contributed by atoms with Gasteiger partial charge in [-0.2, -0.15) is 0 Å². The summed E-state index contributed by atoms with van der Waals surface area (Å²) in [6.07, 6.45) is 0. The van der Waals surface area contributed by atoms with Crippen molar-refractivity contribution >= 4 is 33.8 Å². The van der Waals surface area contributed by atoms with E-state index in [1.807, 2.05) is 6.07 Å². The average molecular weight is 449 g/mol. The molecule has 33 heavy (non-hydrogen) atoms. The van der Waals surface area contributed by atoms with E-state index < -0.39 is 11.7 Å². The fourth-order valence-corrected chi connectivity index (χ4v) is 4.18. The summed E-state index contributed by atoms with van der Waals surface area (Å²) in [5, 5.41) is 0.780. The number of fused-ring (bicyclic) bond motifs is 3. The second-order valence-electron chi connectivity index (χ2n) is 7.85.